The van der Waals surface area contributed by atoms with Crippen LogP contribution < -0.4 is 5.32 Å². The van der Waals surface area contributed by atoms with Gasteiger partial charge in [0.1, 0.15) is 5.82 Å². The minimum absolute atomic E-state index is 0.0342. The van der Waals surface area contributed by atoms with Gasteiger partial charge in [-0.05, 0) is 52.9 Å². The molecular formula is C13H7F3INO. The van der Waals surface area contributed by atoms with E-state index in [4.69, 9.17) is 0 Å². The van der Waals surface area contributed by atoms with Crippen molar-refractivity contribution >= 4 is 40.3 Å². The van der Waals surface area contributed by atoms with Gasteiger partial charge in [0.25, 0.3) is 0 Å². The van der Waals surface area contributed by atoms with E-state index in [9.17, 15) is 18.0 Å². The summed E-state index contributed by atoms with van der Waals surface area (Å²) in [5, 5.41) is 2.40. The lowest BCUT2D eigenvalue weighted by Crippen LogP contribution is -2.02. The first-order valence-electron chi connectivity index (χ1n) is 5.18. The highest BCUT2D eigenvalue weighted by atomic mass is 127. The largest absolute Gasteiger partial charge is 0.350 e. The normalized spacial score (nSPS) is 10.3. The minimum Gasteiger partial charge on any atom is -0.350 e. The maximum absolute atomic E-state index is 13.6. The summed E-state index contributed by atoms with van der Waals surface area (Å²) in [5.41, 5.74) is -0.500. The molecule has 0 unspecified atom stereocenters. The second-order valence-electron chi connectivity index (χ2n) is 3.69. The van der Waals surface area contributed by atoms with Gasteiger partial charge in [0, 0.05) is 9.13 Å². The molecule has 0 aliphatic rings. The lowest BCUT2D eigenvalue weighted by atomic mass is 10.1. The Morgan fingerprint density at radius 3 is 2.42 bits per heavy atom. The second kappa shape index (κ2) is 5.60. The van der Waals surface area contributed by atoms with Crippen LogP contribution in [-0.4, -0.2) is 6.29 Å². The van der Waals surface area contributed by atoms with Crippen LogP contribution in [-0.2, 0) is 0 Å². The van der Waals surface area contributed by atoms with Gasteiger partial charge in [0.2, 0.25) is 0 Å². The van der Waals surface area contributed by atoms with Crippen LogP contribution in [0.25, 0.3) is 0 Å². The molecule has 0 saturated heterocycles. The van der Waals surface area contributed by atoms with Crippen LogP contribution in [0.2, 0.25) is 0 Å². The number of benzene rings is 2. The van der Waals surface area contributed by atoms with Gasteiger partial charge in [-0.15, -0.1) is 0 Å². The average Bonchev–Trinajstić information content (AvgIpc) is 2.38. The fourth-order valence-corrected chi connectivity index (χ4v) is 1.97. The van der Waals surface area contributed by atoms with E-state index in [1.54, 1.807) is 6.07 Å². The molecule has 2 rings (SSSR count). The average molecular weight is 377 g/mol. The highest BCUT2D eigenvalue weighted by Crippen LogP contribution is 2.27. The first-order chi connectivity index (χ1) is 9.02. The molecule has 0 spiro atoms. The van der Waals surface area contributed by atoms with E-state index in [1.807, 2.05) is 22.6 Å². The summed E-state index contributed by atoms with van der Waals surface area (Å²) < 4.78 is 41.1. The zero-order valence-corrected chi connectivity index (χ0v) is 11.5. The number of hydrogen-bond donors (Lipinski definition) is 1. The van der Waals surface area contributed by atoms with Crippen LogP contribution in [0.3, 0.4) is 0 Å². The summed E-state index contributed by atoms with van der Waals surface area (Å²) in [7, 11) is 0. The molecule has 0 amide bonds. The molecule has 0 aliphatic heterocycles. The third-order valence-corrected chi connectivity index (χ3v) is 3.12. The Labute approximate surface area is 120 Å². The van der Waals surface area contributed by atoms with Gasteiger partial charge in [-0.2, -0.15) is 0 Å². The van der Waals surface area contributed by atoms with Crippen LogP contribution in [0, 0.1) is 21.0 Å². The van der Waals surface area contributed by atoms with Crippen molar-refractivity contribution in [2.75, 3.05) is 5.32 Å². The molecule has 0 radical (unpaired) electrons. The van der Waals surface area contributed by atoms with Crippen molar-refractivity contribution in [3.05, 3.63) is 56.9 Å². The summed E-state index contributed by atoms with van der Waals surface area (Å²) >= 11 is 1.92. The van der Waals surface area contributed by atoms with Gasteiger partial charge in [0.05, 0.1) is 11.4 Å². The number of aldehydes is 1. The Kier molecular flexibility index (Phi) is 4.08. The molecule has 2 aromatic rings. The van der Waals surface area contributed by atoms with Crippen LogP contribution >= 0.6 is 22.6 Å². The topological polar surface area (TPSA) is 29.1 Å². The van der Waals surface area contributed by atoms with E-state index in [0.29, 0.717) is 9.86 Å². The summed E-state index contributed by atoms with van der Waals surface area (Å²) in [6, 6.07) is 6.19. The first kappa shape index (κ1) is 13.9. The van der Waals surface area contributed by atoms with Gasteiger partial charge in [-0.1, -0.05) is 0 Å². The standard InChI is InChI=1S/C13H7F3INO/c14-9-3-1-7(6-19)13(12(9)16)18-11-4-2-8(17)5-10(11)15/h1-6,18H. The number of anilines is 2. The lowest BCUT2D eigenvalue weighted by molar-refractivity contribution is 0.112. The zero-order chi connectivity index (χ0) is 14.0. The van der Waals surface area contributed by atoms with E-state index in [2.05, 4.69) is 5.32 Å². The monoisotopic (exact) mass is 377 g/mol. The van der Waals surface area contributed by atoms with Crippen molar-refractivity contribution in [3.8, 4) is 0 Å². The number of carbonyl (C=O) groups is 1. The maximum atomic E-state index is 13.6. The summed E-state index contributed by atoms with van der Waals surface area (Å²) in [5.74, 6) is -2.95. The van der Waals surface area contributed by atoms with Gasteiger partial charge >= 0.3 is 0 Å². The smallest absolute Gasteiger partial charge is 0.182 e. The van der Waals surface area contributed by atoms with Crippen LogP contribution in [0.15, 0.2) is 30.3 Å². The predicted molar refractivity (Wildman–Crippen MR) is 74.1 cm³/mol. The summed E-state index contributed by atoms with van der Waals surface area (Å²) in [4.78, 5) is 10.8. The maximum Gasteiger partial charge on any atom is 0.182 e. The van der Waals surface area contributed by atoms with Crippen LogP contribution in [0.1, 0.15) is 10.4 Å². The Balaban J connectivity index is 2.48. The van der Waals surface area contributed by atoms with Crippen LogP contribution in [0.5, 0.6) is 0 Å². The zero-order valence-electron chi connectivity index (χ0n) is 9.38. The van der Waals surface area contributed by atoms with Gasteiger partial charge in [0.15, 0.2) is 17.9 Å². The van der Waals surface area contributed by atoms with Crippen molar-refractivity contribution in [1.29, 1.82) is 0 Å². The summed E-state index contributed by atoms with van der Waals surface area (Å²) in [6.07, 6.45) is 0.370. The second-order valence-corrected chi connectivity index (χ2v) is 4.94. The van der Waals surface area contributed by atoms with E-state index in [1.165, 1.54) is 12.1 Å². The third-order valence-electron chi connectivity index (χ3n) is 2.44. The Hall–Kier alpha value is -1.57. The lowest BCUT2D eigenvalue weighted by Gasteiger charge is -2.11. The molecule has 0 aliphatic carbocycles. The Bertz CT molecular complexity index is 646. The van der Waals surface area contributed by atoms with Gasteiger partial charge in [-0.3, -0.25) is 4.79 Å². The van der Waals surface area contributed by atoms with E-state index < -0.39 is 17.5 Å². The van der Waals surface area contributed by atoms with Crippen molar-refractivity contribution in [1.82, 2.24) is 0 Å². The molecule has 0 fully saturated rings. The fourth-order valence-electron chi connectivity index (χ4n) is 1.52. The number of hydrogen-bond acceptors (Lipinski definition) is 2. The molecule has 0 atom stereocenters. The molecule has 2 nitrogen and oxygen atoms in total. The van der Waals surface area contributed by atoms with E-state index >= 15 is 0 Å². The molecule has 2 aromatic carbocycles. The number of halogens is 4. The molecule has 0 saturated carbocycles. The molecule has 6 heteroatoms. The minimum atomic E-state index is -1.22. The number of nitrogens with one attached hydrogen (secondary N) is 1. The van der Waals surface area contributed by atoms with Gasteiger partial charge in [-0.25, -0.2) is 13.2 Å². The highest BCUT2D eigenvalue weighted by Gasteiger charge is 2.15. The van der Waals surface area contributed by atoms with Crippen LogP contribution in [0.4, 0.5) is 24.5 Å². The van der Waals surface area contributed by atoms with E-state index in [0.717, 1.165) is 12.1 Å². The Morgan fingerprint density at radius 1 is 1.05 bits per heavy atom. The SMILES string of the molecule is O=Cc1ccc(F)c(F)c1Nc1ccc(I)cc1F. The van der Waals surface area contributed by atoms with Crippen molar-refractivity contribution in [3.63, 3.8) is 0 Å². The Morgan fingerprint density at radius 2 is 1.79 bits per heavy atom. The molecule has 98 valence electrons. The van der Waals surface area contributed by atoms with Crippen molar-refractivity contribution in [2.24, 2.45) is 0 Å². The first-order valence-corrected chi connectivity index (χ1v) is 6.26. The molecule has 0 heterocycles. The molecule has 19 heavy (non-hydrogen) atoms. The third kappa shape index (κ3) is 2.89. The quantitative estimate of drug-likeness (QED) is 0.640. The highest BCUT2D eigenvalue weighted by molar-refractivity contribution is 14.1. The number of rotatable bonds is 3. The van der Waals surface area contributed by atoms with E-state index in [-0.39, 0.29) is 16.9 Å². The van der Waals surface area contributed by atoms with Gasteiger partial charge < -0.3 is 5.32 Å². The number of carbonyl (C=O) groups excluding carboxylic acids is 1. The molecule has 0 aromatic heterocycles. The predicted octanol–water partition coefficient (Wildman–Crippen LogP) is 4.26. The van der Waals surface area contributed by atoms with Crippen molar-refractivity contribution < 1.29 is 18.0 Å². The molecular weight excluding hydrogens is 370 g/mol. The molecule has 0 bridgehead atoms. The van der Waals surface area contributed by atoms with Crippen molar-refractivity contribution in [2.45, 2.75) is 0 Å². The fraction of sp³-hybridized carbons (Fsp3) is 0. The molecule has 1 N–H and O–H groups in total. The summed E-state index contributed by atoms with van der Waals surface area (Å²) in [6.45, 7) is 0.